The van der Waals surface area contributed by atoms with Gasteiger partial charge < -0.3 is 4.74 Å². The molecule has 1 aromatic carbocycles. The minimum atomic E-state index is -1.21. The van der Waals surface area contributed by atoms with E-state index in [0.29, 0.717) is 12.8 Å². The van der Waals surface area contributed by atoms with Crippen molar-refractivity contribution in [3.8, 4) is 0 Å². The molecule has 0 spiro atoms. The Kier molecular flexibility index (Phi) is 5.11. The fourth-order valence-electron chi connectivity index (χ4n) is 2.73. The SMILES string of the molecule is Cc1cccc(CCC(=O)C2C(=O)OC(CC(C)C)C2=O)c1. The highest BCUT2D eigenvalue weighted by atomic mass is 16.6. The number of benzene rings is 1. The number of hydrogen-bond donors (Lipinski definition) is 0. The summed E-state index contributed by atoms with van der Waals surface area (Å²) in [5.41, 5.74) is 2.16. The predicted octanol–water partition coefficient (Wildman–Crippen LogP) is 2.65. The van der Waals surface area contributed by atoms with Gasteiger partial charge in [0.15, 0.2) is 23.6 Å². The van der Waals surface area contributed by atoms with E-state index < -0.39 is 18.0 Å². The number of ether oxygens (including phenoxy) is 1. The molecule has 0 radical (unpaired) electrons. The largest absolute Gasteiger partial charge is 0.453 e. The predicted molar refractivity (Wildman–Crippen MR) is 82.3 cm³/mol. The lowest BCUT2D eigenvalue weighted by atomic mass is 9.91. The molecule has 1 fully saturated rings. The summed E-state index contributed by atoms with van der Waals surface area (Å²) >= 11 is 0. The molecular formula is C18H22O4. The van der Waals surface area contributed by atoms with Gasteiger partial charge in [0.2, 0.25) is 0 Å². The van der Waals surface area contributed by atoms with Crippen LogP contribution >= 0.6 is 0 Å². The third-order valence-electron chi connectivity index (χ3n) is 3.85. The first-order valence-corrected chi connectivity index (χ1v) is 7.71. The Morgan fingerprint density at radius 1 is 1.27 bits per heavy atom. The second-order valence-electron chi connectivity index (χ2n) is 6.35. The molecule has 118 valence electrons. The molecule has 0 N–H and O–H groups in total. The van der Waals surface area contributed by atoms with Crippen LogP contribution in [0.5, 0.6) is 0 Å². The van der Waals surface area contributed by atoms with Crippen LogP contribution in [-0.2, 0) is 25.5 Å². The van der Waals surface area contributed by atoms with Crippen molar-refractivity contribution in [3.63, 3.8) is 0 Å². The minimum absolute atomic E-state index is 0.184. The summed E-state index contributed by atoms with van der Waals surface area (Å²) in [6, 6.07) is 7.86. The Hall–Kier alpha value is -1.97. The maximum atomic E-state index is 12.2. The zero-order chi connectivity index (χ0) is 16.3. The van der Waals surface area contributed by atoms with Crippen molar-refractivity contribution < 1.29 is 19.1 Å². The van der Waals surface area contributed by atoms with Crippen molar-refractivity contribution in [2.24, 2.45) is 11.8 Å². The molecule has 22 heavy (non-hydrogen) atoms. The molecule has 0 bridgehead atoms. The fraction of sp³-hybridized carbons (Fsp3) is 0.500. The third-order valence-corrected chi connectivity index (χ3v) is 3.85. The van der Waals surface area contributed by atoms with Crippen LogP contribution in [0, 0.1) is 18.8 Å². The van der Waals surface area contributed by atoms with Crippen LogP contribution in [0.4, 0.5) is 0 Å². The van der Waals surface area contributed by atoms with E-state index in [-0.39, 0.29) is 23.9 Å². The average molecular weight is 302 g/mol. The molecule has 0 aromatic heterocycles. The van der Waals surface area contributed by atoms with Crippen LogP contribution in [0.1, 0.15) is 37.8 Å². The Morgan fingerprint density at radius 2 is 2.00 bits per heavy atom. The Bertz CT molecular complexity index is 589. The Morgan fingerprint density at radius 3 is 2.64 bits per heavy atom. The van der Waals surface area contributed by atoms with Gasteiger partial charge in [-0.15, -0.1) is 0 Å². The number of esters is 1. The monoisotopic (exact) mass is 302 g/mol. The standard InChI is InChI=1S/C18H22O4/c1-11(2)9-15-17(20)16(18(21)22-15)14(19)8-7-13-6-4-5-12(3)10-13/h4-6,10-11,15-16H,7-9H2,1-3H3. The van der Waals surface area contributed by atoms with E-state index in [9.17, 15) is 14.4 Å². The summed E-state index contributed by atoms with van der Waals surface area (Å²) in [6.07, 6.45) is 0.447. The molecule has 0 saturated carbocycles. The highest BCUT2D eigenvalue weighted by molar-refractivity contribution is 6.21. The van der Waals surface area contributed by atoms with Crippen LogP contribution in [0.15, 0.2) is 24.3 Å². The number of Topliss-reactive ketones (excluding diaryl/α,β-unsaturated/α-hetero) is 2. The van der Waals surface area contributed by atoms with Crippen LogP contribution in [-0.4, -0.2) is 23.6 Å². The first-order chi connectivity index (χ1) is 10.4. The number of hydrogen-bond acceptors (Lipinski definition) is 4. The number of carbonyl (C=O) groups is 3. The van der Waals surface area contributed by atoms with E-state index in [0.717, 1.165) is 11.1 Å². The molecule has 2 unspecified atom stereocenters. The van der Waals surface area contributed by atoms with E-state index in [2.05, 4.69) is 0 Å². The molecule has 2 atom stereocenters. The number of cyclic esters (lactones) is 1. The van der Waals surface area contributed by atoms with Crippen LogP contribution in [0.3, 0.4) is 0 Å². The van der Waals surface area contributed by atoms with Gasteiger partial charge in [-0.2, -0.15) is 0 Å². The van der Waals surface area contributed by atoms with Crippen molar-refractivity contribution in [1.82, 2.24) is 0 Å². The average Bonchev–Trinajstić information content (AvgIpc) is 2.70. The van der Waals surface area contributed by atoms with E-state index in [1.165, 1.54) is 0 Å². The number of ketones is 2. The smallest absolute Gasteiger partial charge is 0.325 e. The van der Waals surface area contributed by atoms with Gasteiger partial charge in [0.1, 0.15) is 0 Å². The van der Waals surface area contributed by atoms with Gasteiger partial charge in [0, 0.05) is 6.42 Å². The first kappa shape index (κ1) is 16.4. The second kappa shape index (κ2) is 6.86. The van der Waals surface area contributed by atoms with E-state index in [1.807, 2.05) is 45.0 Å². The third kappa shape index (κ3) is 3.81. The quantitative estimate of drug-likeness (QED) is 0.599. The molecule has 1 aromatic rings. The van der Waals surface area contributed by atoms with Gasteiger partial charge in [-0.25, -0.2) is 0 Å². The molecule has 4 nitrogen and oxygen atoms in total. The zero-order valence-electron chi connectivity index (χ0n) is 13.3. The molecular weight excluding hydrogens is 280 g/mol. The van der Waals surface area contributed by atoms with E-state index in [1.54, 1.807) is 0 Å². The summed E-state index contributed by atoms with van der Waals surface area (Å²) in [5, 5.41) is 0. The van der Waals surface area contributed by atoms with Crippen molar-refractivity contribution in [2.45, 2.75) is 46.1 Å². The van der Waals surface area contributed by atoms with Gasteiger partial charge in [0.25, 0.3) is 0 Å². The number of rotatable bonds is 6. The molecule has 0 aliphatic carbocycles. The van der Waals surface area contributed by atoms with Gasteiger partial charge >= 0.3 is 5.97 Å². The summed E-state index contributed by atoms with van der Waals surface area (Å²) in [6.45, 7) is 5.89. The molecule has 4 heteroatoms. The topological polar surface area (TPSA) is 60.4 Å². The highest BCUT2D eigenvalue weighted by Gasteiger charge is 2.47. The molecule has 0 amide bonds. The molecule has 1 heterocycles. The van der Waals surface area contributed by atoms with Gasteiger partial charge in [-0.1, -0.05) is 43.7 Å². The van der Waals surface area contributed by atoms with Crippen LogP contribution in [0.25, 0.3) is 0 Å². The lowest BCUT2D eigenvalue weighted by molar-refractivity contribution is -0.147. The highest BCUT2D eigenvalue weighted by Crippen LogP contribution is 2.24. The first-order valence-electron chi connectivity index (χ1n) is 7.71. The summed E-state index contributed by atoms with van der Waals surface area (Å²) in [5.74, 6) is -2.35. The Balaban J connectivity index is 1.97. The molecule has 1 aliphatic rings. The maximum absolute atomic E-state index is 12.2. The minimum Gasteiger partial charge on any atom is -0.453 e. The molecule has 1 aliphatic heterocycles. The summed E-state index contributed by atoms with van der Waals surface area (Å²) < 4.78 is 5.08. The maximum Gasteiger partial charge on any atom is 0.325 e. The molecule has 2 rings (SSSR count). The second-order valence-corrected chi connectivity index (χ2v) is 6.35. The Labute approximate surface area is 130 Å². The van der Waals surface area contributed by atoms with Gasteiger partial charge in [-0.3, -0.25) is 14.4 Å². The lowest BCUT2D eigenvalue weighted by Crippen LogP contribution is -2.28. The normalized spacial score (nSPS) is 21.3. The van der Waals surface area contributed by atoms with Crippen molar-refractivity contribution >= 4 is 17.5 Å². The summed E-state index contributed by atoms with van der Waals surface area (Å²) in [4.78, 5) is 36.2. The lowest BCUT2D eigenvalue weighted by Gasteiger charge is -2.09. The fourth-order valence-corrected chi connectivity index (χ4v) is 2.73. The number of carbonyl (C=O) groups excluding carboxylic acids is 3. The van der Waals surface area contributed by atoms with Crippen molar-refractivity contribution in [1.29, 1.82) is 0 Å². The number of aryl methyl sites for hydroxylation is 2. The van der Waals surface area contributed by atoms with Crippen LogP contribution < -0.4 is 0 Å². The van der Waals surface area contributed by atoms with E-state index >= 15 is 0 Å². The zero-order valence-corrected chi connectivity index (χ0v) is 13.3. The van der Waals surface area contributed by atoms with Crippen LogP contribution in [0.2, 0.25) is 0 Å². The van der Waals surface area contributed by atoms with E-state index in [4.69, 9.17) is 4.74 Å². The van der Waals surface area contributed by atoms with Gasteiger partial charge in [-0.05, 0) is 31.2 Å². The summed E-state index contributed by atoms with van der Waals surface area (Å²) in [7, 11) is 0. The molecule has 1 saturated heterocycles. The van der Waals surface area contributed by atoms with Crippen molar-refractivity contribution in [2.75, 3.05) is 0 Å². The van der Waals surface area contributed by atoms with Crippen molar-refractivity contribution in [3.05, 3.63) is 35.4 Å². The van der Waals surface area contributed by atoms with Gasteiger partial charge in [0.05, 0.1) is 0 Å².